The van der Waals surface area contributed by atoms with Crippen LogP contribution in [-0.2, 0) is 11.3 Å². The van der Waals surface area contributed by atoms with Gasteiger partial charge in [0, 0.05) is 18.8 Å². The summed E-state index contributed by atoms with van der Waals surface area (Å²) in [7, 11) is 0. The van der Waals surface area contributed by atoms with E-state index >= 15 is 0 Å². The number of aryl methyl sites for hydroxylation is 3. The van der Waals surface area contributed by atoms with E-state index in [0.717, 1.165) is 12.2 Å². The Kier molecular flexibility index (Phi) is 5.21. The molecule has 0 fully saturated rings. The maximum absolute atomic E-state index is 11.0. The molecular weight excluding hydrogens is 274 g/mol. The zero-order chi connectivity index (χ0) is 16.1. The van der Waals surface area contributed by atoms with Gasteiger partial charge in [-0.25, -0.2) is 0 Å². The molecule has 0 saturated carbocycles. The van der Waals surface area contributed by atoms with Crippen molar-refractivity contribution >= 4 is 11.7 Å². The first kappa shape index (κ1) is 16.1. The number of benzene rings is 2. The van der Waals surface area contributed by atoms with E-state index in [2.05, 4.69) is 49.9 Å². The van der Waals surface area contributed by atoms with Crippen molar-refractivity contribution in [3.05, 3.63) is 64.7 Å². The van der Waals surface area contributed by atoms with Gasteiger partial charge in [-0.3, -0.25) is 4.79 Å². The second-order valence-corrected chi connectivity index (χ2v) is 5.73. The molecule has 116 valence electrons. The SMILES string of the molecule is Cc1ccccc1CN(CCC(=O)O)c1c(C)cccc1C. The van der Waals surface area contributed by atoms with Gasteiger partial charge in [0.15, 0.2) is 0 Å². The van der Waals surface area contributed by atoms with Crippen LogP contribution in [0.15, 0.2) is 42.5 Å². The van der Waals surface area contributed by atoms with Gasteiger partial charge in [-0.15, -0.1) is 0 Å². The van der Waals surface area contributed by atoms with Crippen molar-refractivity contribution < 1.29 is 9.90 Å². The predicted molar refractivity (Wildman–Crippen MR) is 90.4 cm³/mol. The van der Waals surface area contributed by atoms with Gasteiger partial charge in [0.1, 0.15) is 0 Å². The summed E-state index contributed by atoms with van der Waals surface area (Å²) in [5.41, 5.74) is 5.97. The van der Waals surface area contributed by atoms with E-state index in [1.807, 2.05) is 18.2 Å². The molecule has 3 heteroatoms. The Hall–Kier alpha value is -2.29. The van der Waals surface area contributed by atoms with Crippen molar-refractivity contribution in [3.8, 4) is 0 Å². The fraction of sp³-hybridized carbons (Fsp3) is 0.316. The van der Waals surface area contributed by atoms with Crippen molar-refractivity contribution in [2.24, 2.45) is 0 Å². The molecule has 2 aromatic rings. The molecule has 0 aromatic heterocycles. The lowest BCUT2D eigenvalue weighted by Crippen LogP contribution is -2.27. The van der Waals surface area contributed by atoms with Crippen molar-refractivity contribution in [2.45, 2.75) is 33.7 Å². The van der Waals surface area contributed by atoms with E-state index < -0.39 is 5.97 Å². The largest absolute Gasteiger partial charge is 0.481 e. The Bertz CT molecular complexity index is 644. The molecule has 0 radical (unpaired) electrons. The molecule has 0 aliphatic carbocycles. The van der Waals surface area contributed by atoms with Crippen molar-refractivity contribution in [2.75, 3.05) is 11.4 Å². The molecule has 0 amide bonds. The average Bonchev–Trinajstić information content (AvgIpc) is 2.46. The summed E-state index contributed by atoms with van der Waals surface area (Å²) >= 11 is 0. The topological polar surface area (TPSA) is 40.5 Å². The van der Waals surface area contributed by atoms with E-state index in [-0.39, 0.29) is 6.42 Å². The van der Waals surface area contributed by atoms with E-state index in [4.69, 9.17) is 5.11 Å². The highest BCUT2D eigenvalue weighted by molar-refractivity contribution is 5.68. The van der Waals surface area contributed by atoms with Crippen LogP contribution in [0.25, 0.3) is 0 Å². The number of rotatable bonds is 6. The first-order chi connectivity index (χ1) is 10.5. The van der Waals surface area contributed by atoms with Crippen molar-refractivity contribution in [3.63, 3.8) is 0 Å². The van der Waals surface area contributed by atoms with E-state index in [0.29, 0.717) is 6.54 Å². The monoisotopic (exact) mass is 297 g/mol. The Balaban J connectivity index is 2.34. The van der Waals surface area contributed by atoms with Gasteiger partial charge in [0.2, 0.25) is 0 Å². The number of anilines is 1. The lowest BCUT2D eigenvalue weighted by Gasteiger charge is -2.28. The summed E-state index contributed by atoms with van der Waals surface area (Å²) in [4.78, 5) is 13.2. The third-order valence-electron chi connectivity index (χ3n) is 3.97. The third kappa shape index (κ3) is 3.88. The predicted octanol–water partition coefficient (Wildman–Crippen LogP) is 4.09. The highest BCUT2D eigenvalue weighted by atomic mass is 16.4. The molecule has 0 unspecified atom stereocenters. The fourth-order valence-corrected chi connectivity index (χ4v) is 2.80. The third-order valence-corrected chi connectivity index (χ3v) is 3.97. The number of hydrogen-bond donors (Lipinski definition) is 1. The lowest BCUT2D eigenvalue weighted by molar-refractivity contribution is -0.136. The minimum absolute atomic E-state index is 0.139. The van der Waals surface area contributed by atoms with Crippen LogP contribution >= 0.6 is 0 Å². The first-order valence-electron chi connectivity index (χ1n) is 7.56. The van der Waals surface area contributed by atoms with Crippen LogP contribution in [0.3, 0.4) is 0 Å². The van der Waals surface area contributed by atoms with Crippen molar-refractivity contribution in [1.29, 1.82) is 0 Å². The smallest absolute Gasteiger partial charge is 0.305 e. The second kappa shape index (κ2) is 7.12. The summed E-state index contributed by atoms with van der Waals surface area (Å²) < 4.78 is 0. The Morgan fingerprint density at radius 3 is 2.14 bits per heavy atom. The number of para-hydroxylation sites is 1. The van der Waals surface area contributed by atoms with E-state index in [1.165, 1.54) is 22.3 Å². The van der Waals surface area contributed by atoms with Crippen LogP contribution < -0.4 is 4.90 Å². The highest BCUT2D eigenvalue weighted by Gasteiger charge is 2.14. The fourth-order valence-electron chi connectivity index (χ4n) is 2.80. The molecule has 0 saturated heterocycles. The van der Waals surface area contributed by atoms with Crippen molar-refractivity contribution in [1.82, 2.24) is 0 Å². The molecule has 2 aromatic carbocycles. The molecular formula is C19H23NO2. The quantitative estimate of drug-likeness (QED) is 0.873. The molecule has 0 heterocycles. The van der Waals surface area contributed by atoms with Gasteiger partial charge in [0.05, 0.1) is 6.42 Å². The minimum atomic E-state index is -0.763. The van der Waals surface area contributed by atoms with Crippen LogP contribution in [0.1, 0.15) is 28.7 Å². The summed E-state index contributed by atoms with van der Waals surface area (Å²) in [6, 6.07) is 14.5. The second-order valence-electron chi connectivity index (χ2n) is 5.73. The molecule has 1 N–H and O–H groups in total. The normalized spacial score (nSPS) is 10.5. The minimum Gasteiger partial charge on any atom is -0.481 e. The molecule has 0 spiro atoms. The molecule has 0 aliphatic heterocycles. The summed E-state index contributed by atoms with van der Waals surface area (Å²) in [6.07, 6.45) is 0.139. The molecule has 0 bridgehead atoms. The zero-order valence-corrected chi connectivity index (χ0v) is 13.5. The van der Waals surface area contributed by atoms with Gasteiger partial charge >= 0.3 is 5.97 Å². The molecule has 22 heavy (non-hydrogen) atoms. The molecule has 2 rings (SSSR count). The zero-order valence-electron chi connectivity index (χ0n) is 13.5. The molecule has 3 nitrogen and oxygen atoms in total. The first-order valence-corrected chi connectivity index (χ1v) is 7.56. The van der Waals surface area contributed by atoms with Crippen LogP contribution in [0.5, 0.6) is 0 Å². The number of carbonyl (C=O) groups is 1. The lowest BCUT2D eigenvalue weighted by atomic mass is 10.0. The van der Waals surface area contributed by atoms with Crippen LogP contribution in [0, 0.1) is 20.8 Å². The summed E-state index contributed by atoms with van der Waals surface area (Å²) in [6.45, 7) is 7.48. The van der Waals surface area contributed by atoms with Crippen LogP contribution in [0.2, 0.25) is 0 Å². The number of hydrogen-bond acceptors (Lipinski definition) is 2. The number of aliphatic carboxylic acids is 1. The van der Waals surface area contributed by atoms with Gasteiger partial charge in [-0.1, -0.05) is 42.5 Å². The van der Waals surface area contributed by atoms with Crippen LogP contribution in [0.4, 0.5) is 5.69 Å². The number of carboxylic acid groups (broad SMARTS) is 1. The standard InChI is InChI=1S/C19H23NO2/c1-14-7-4-5-10-17(14)13-20(12-11-18(21)22)19-15(2)8-6-9-16(19)3/h4-10H,11-13H2,1-3H3,(H,21,22). The summed E-state index contributed by atoms with van der Waals surface area (Å²) in [5, 5.41) is 9.04. The average molecular weight is 297 g/mol. The Morgan fingerprint density at radius 1 is 0.955 bits per heavy atom. The number of nitrogens with zero attached hydrogens (tertiary/aromatic N) is 1. The van der Waals surface area contributed by atoms with Gasteiger partial charge in [-0.2, -0.15) is 0 Å². The van der Waals surface area contributed by atoms with Crippen LogP contribution in [-0.4, -0.2) is 17.6 Å². The maximum atomic E-state index is 11.0. The van der Waals surface area contributed by atoms with E-state index in [9.17, 15) is 4.79 Å². The molecule has 0 atom stereocenters. The Morgan fingerprint density at radius 2 is 1.55 bits per heavy atom. The van der Waals surface area contributed by atoms with Gasteiger partial charge in [0.25, 0.3) is 0 Å². The molecule has 0 aliphatic rings. The van der Waals surface area contributed by atoms with Gasteiger partial charge in [-0.05, 0) is 43.0 Å². The summed E-state index contributed by atoms with van der Waals surface area (Å²) in [5.74, 6) is -0.763. The maximum Gasteiger partial charge on any atom is 0.305 e. The van der Waals surface area contributed by atoms with E-state index in [1.54, 1.807) is 0 Å². The highest BCUT2D eigenvalue weighted by Crippen LogP contribution is 2.27. The van der Waals surface area contributed by atoms with Gasteiger partial charge < -0.3 is 10.0 Å². The Labute approximate surface area is 132 Å². The number of carboxylic acids is 1.